The third kappa shape index (κ3) is 5.39. The third-order valence-electron chi connectivity index (χ3n) is 5.18. The summed E-state index contributed by atoms with van der Waals surface area (Å²) in [7, 11) is 2.57. The maximum atomic E-state index is 12.7. The van der Waals surface area contributed by atoms with Crippen LogP contribution in [0.5, 0.6) is 11.5 Å². The largest absolute Gasteiger partial charge is 0.490 e. The summed E-state index contributed by atoms with van der Waals surface area (Å²) >= 11 is 3.42. The second kappa shape index (κ2) is 11.2. The molecule has 0 saturated carbocycles. The van der Waals surface area contributed by atoms with Crippen LogP contribution in [-0.4, -0.2) is 37.7 Å². The van der Waals surface area contributed by atoms with Gasteiger partial charge in [-0.05, 0) is 56.2 Å². The number of methoxy groups -OCH3 is 2. The normalized spacial score (nSPS) is 10.5. The van der Waals surface area contributed by atoms with E-state index in [-0.39, 0.29) is 11.1 Å². The predicted molar refractivity (Wildman–Crippen MR) is 131 cm³/mol. The van der Waals surface area contributed by atoms with Crippen molar-refractivity contribution in [3.05, 3.63) is 75.0 Å². The van der Waals surface area contributed by atoms with Gasteiger partial charge in [0, 0.05) is 10.0 Å². The van der Waals surface area contributed by atoms with Crippen LogP contribution < -0.4 is 9.47 Å². The van der Waals surface area contributed by atoms with E-state index in [0.29, 0.717) is 47.2 Å². The Balaban J connectivity index is 2.13. The molecule has 0 bridgehead atoms. The molecule has 34 heavy (non-hydrogen) atoms. The molecule has 0 aliphatic heterocycles. The average Bonchev–Trinajstić information content (AvgIpc) is 2.83. The molecule has 3 rings (SSSR count). The van der Waals surface area contributed by atoms with Crippen LogP contribution in [0.4, 0.5) is 0 Å². The first-order valence-corrected chi connectivity index (χ1v) is 11.4. The summed E-state index contributed by atoms with van der Waals surface area (Å²) < 4.78 is 22.8. The number of aromatic nitrogens is 1. The SMILES string of the molecule is CCOc1cc(-c2c(C(=O)OC)c(C)nc(C)c2C(=O)OC)ccc1OCc1ccc(Br)cc1. The van der Waals surface area contributed by atoms with Crippen molar-refractivity contribution >= 4 is 27.9 Å². The quantitative estimate of drug-likeness (QED) is 0.348. The molecule has 0 N–H and O–H groups in total. The van der Waals surface area contributed by atoms with Crippen molar-refractivity contribution in [1.29, 1.82) is 0 Å². The van der Waals surface area contributed by atoms with Gasteiger partial charge in [0.1, 0.15) is 6.61 Å². The molecular formula is C26H26BrNO6. The van der Waals surface area contributed by atoms with Gasteiger partial charge in [0.15, 0.2) is 11.5 Å². The molecule has 0 amide bonds. The number of esters is 2. The molecule has 1 heterocycles. The number of carbonyl (C=O) groups excluding carboxylic acids is 2. The van der Waals surface area contributed by atoms with Gasteiger partial charge in [0.05, 0.1) is 43.3 Å². The molecular weight excluding hydrogens is 502 g/mol. The molecule has 0 spiro atoms. The van der Waals surface area contributed by atoms with Crippen LogP contribution in [0.2, 0.25) is 0 Å². The Hall–Kier alpha value is -3.39. The standard InChI is InChI=1S/C26H26BrNO6/c1-6-33-21-13-18(9-12-20(21)34-14-17-7-10-19(27)11-8-17)24-22(25(29)31-4)15(2)28-16(3)23(24)26(30)32-5/h7-13H,6,14H2,1-5H3. The van der Waals surface area contributed by atoms with Gasteiger partial charge in [-0.15, -0.1) is 0 Å². The highest BCUT2D eigenvalue weighted by Crippen LogP contribution is 2.38. The Labute approximate surface area is 207 Å². The molecule has 0 aliphatic carbocycles. The van der Waals surface area contributed by atoms with Crippen LogP contribution in [0.1, 0.15) is 44.6 Å². The van der Waals surface area contributed by atoms with E-state index in [1.165, 1.54) is 14.2 Å². The van der Waals surface area contributed by atoms with Gasteiger partial charge in [-0.2, -0.15) is 0 Å². The lowest BCUT2D eigenvalue weighted by Gasteiger charge is -2.19. The minimum Gasteiger partial charge on any atom is -0.490 e. The van der Waals surface area contributed by atoms with Gasteiger partial charge >= 0.3 is 11.9 Å². The van der Waals surface area contributed by atoms with Crippen LogP contribution in [0, 0.1) is 13.8 Å². The first-order valence-electron chi connectivity index (χ1n) is 10.6. The summed E-state index contributed by atoms with van der Waals surface area (Å²) in [6, 6.07) is 13.1. The highest BCUT2D eigenvalue weighted by Gasteiger charge is 2.28. The van der Waals surface area contributed by atoms with E-state index in [1.807, 2.05) is 31.2 Å². The summed E-state index contributed by atoms with van der Waals surface area (Å²) in [5.41, 5.74) is 3.23. The molecule has 0 aliphatic rings. The second-order valence-corrected chi connectivity index (χ2v) is 8.32. The van der Waals surface area contributed by atoms with Crippen LogP contribution in [0.15, 0.2) is 46.9 Å². The highest BCUT2D eigenvalue weighted by molar-refractivity contribution is 9.10. The van der Waals surface area contributed by atoms with E-state index in [1.54, 1.807) is 32.0 Å². The molecule has 0 radical (unpaired) electrons. The number of pyridine rings is 1. The summed E-state index contributed by atoms with van der Waals surface area (Å²) in [5, 5.41) is 0. The topological polar surface area (TPSA) is 84.0 Å². The number of hydrogen-bond donors (Lipinski definition) is 0. The molecule has 1 aromatic heterocycles. The third-order valence-corrected chi connectivity index (χ3v) is 5.71. The molecule has 178 valence electrons. The average molecular weight is 528 g/mol. The first kappa shape index (κ1) is 25.2. The van der Waals surface area contributed by atoms with Crippen molar-refractivity contribution in [3.63, 3.8) is 0 Å². The number of carbonyl (C=O) groups is 2. The molecule has 0 fully saturated rings. The van der Waals surface area contributed by atoms with Gasteiger partial charge in [-0.3, -0.25) is 4.98 Å². The highest BCUT2D eigenvalue weighted by atomic mass is 79.9. The van der Waals surface area contributed by atoms with Crippen LogP contribution in [0.25, 0.3) is 11.1 Å². The Bertz CT molecular complexity index is 1170. The van der Waals surface area contributed by atoms with Crippen molar-refractivity contribution in [2.45, 2.75) is 27.4 Å². The van der Waals surface area contributed by atoms with Crippen molar-refractivity contribution in [2.24, 2.45) is 0 Å². The molecule has 0 unspecified atom stereocenters. The van der Waals surface area contributed by atoms with E-state index in [4.69, 9.17) is 18.9 Å². The number of rotatable bonds is 8. The molecule has 0 saturated heterocycles. The maximum absolute atomic E-state index is 12.7. The number of benzene rings is 2. The van der Waals surface area contributed by atoms with Crippen LogP contribution in [0.3, 0.4) is 0 Å². The summed E-state index contributed by atoms with van der Waals surface area (Å²) in [5.74, 6) is -0.177. The summed E-state index contributed by atoms with van der Waals surface area (Å²) in [6.07, 6.45) is 0. The van der Waals surface area contributed by atoms with E-state index in [2.05, 4.69) is 20.9 Å². The monoisotopic (exact) mass is 527 g/mol. The minimum atomic E-state index is -0.598. The van der Waals surface area contributed by atoms with Crippen molar-refractivity contribution < 1.29 is 28.5 Å². The predicted octanol–water partition coefficient (Wildman–Crippen LogP) is 5.68. The first-order chi connectivity index (χ1) is 16.3. The zero-order valence-corrected chi connectivity index (χ0v) is 21.3. The number of aryl methyl sites for hydroxylation is 2. The van der Waals surface area contributed by atoms with Gasteiger partial charge in [-0.25, -0.2) is 9.59 Å². The van der Waals surface area contributed by atoms with Gasteiger partial charge in [0.25, 0.3) is 0 Å². The number of halogens is 1. The second-order valence-electron chi connectivity index (χ2n) is 7.40. The number of ether oxygens (including phenoxy) is 4. The van der Waals surface area contributed by atoms with E-state index >= 15 is 0 Å². The zero-order chi connectivity index (χ0) is 24.8. The van der Waals surface area contributed by atoms with Gasteiger partial charge < -0.3 is 18.9 Å². The van der Waals surface area contributed by atoms with Crippen LogP contribution in [-0.2, 0) is 16.1 Å². The number of hydrogen-bond acceptors (Lipinski definition) is 7. The lowest BCUT2D eigenvalue weighted by molar-refractivity contribution is 0.0599. The van der Waals surface area contributed by atoms with Crippen LogP contribution >= 0.6 is 15.9 Å². The lowest BCUT2D eigenvalue weighted by atomic mass is 9.92. The molecule has 3 aromatic rings. The van der Waals surface area contributed by atoms with Gasteiger partial charge in [0.2, 0.25) is 0 Å². The number of nitrogens with zero attached hydrogens (tertiary/aromatic N) is 1. The fraction of sp³-hybridized carbons (Fsp3) is 0.269. The van der Waals surface area contributed by atoms with Crippen molar-refractivity contribution in [3.8, 4) is 22.6 Å². The van der Waals surface area contributed by atoms with E-state index < -0.39 is 11.9 Å². The lowest BCUT2D eigenvalue weighted by Crippen LogP contribution is -2.16. The Kier molecular flexibility index (Phi) is 8.28. The minimum absolute atomic E-state index is 0.194. The molecule has 2 aromatic carbocycles. The molecule has 0 atom stereocenters. The summed E-state index contributed by atoms with van der Waals surface area (Å²) in [6.45, 7) is 6.01. The Morgan fingerprint density at radius 1 is 0.853 bits per heavy atom. The van der Waals surface area contributed by atoms with Gasteiger partial charge in [-0.1, -0.05) is 34.1 Å². The zero-order valence-electron chi connectivity index (χ0n) is 19.7. The molecule has 8 heteroatoms. The molecule has 7 nitrogen and oxygen atoms in total. The van der Waals surface area contributed by atoms with Crippen molar-refractivity contribution in [1.82, 2.24) is 4.98 Å². The van der Waals surface area contributed by atoms with E-state index in [0.717, 1.165) is 10.0 Å². The fourth-order valence-corrected chi connectivity index (χ4v) is 3.90. The van der Waals surface area contributed by atoms with Crippen molar-refractivity contribution in [2.75, 3.05) is 20.8 Å². The Morgan fingerprint density at radius 3 is 1.97 bits per heavy atom. The summed E-state index contributed by atoms with van der Waals surface area (Å²) in [4.78, 5) is 29.8. The Morgan fingerprint density at radius 2 is 1.44 bits per heavy atom. The smallest absolute Gasteiger partial charge is 0.340 e. The maximum Gasteiger partial charge on any atom is 0.340 e. The van der Waals surface area contributed by atoms with E-state index in [9.17, 15) is 9.59 Å². The fourth-order valence-electron chi connectivity index (χ4n) is 3.64.